The third-order valence-electron chi connectivity index (χ3n) is 6.45. The molecule has 0 bridgehead atoms. The van der Waals surface area contributed by atoms with Gasteiger partial charge in [0.15, 0.2) is 0 Å². The van der Waals surface area contributed by atoms with Crippen LogP contribution in [-0.4, -0.2) is 12.5 Å². The van der Waals surface area contributed by atoms with Crippen molar-refractivity contribution in [2.75, 3.05) is 6.54 Å². The highest BCUT2D eigenvalue weighted by atomic mass is 35.5. The first-order valence-electron chi connectivity index (χ1n) is 9.17. The molecule has 0 spiro atoms. The summed E-state index contributed by atoms with van der Waals surface area (Å²) in [5.41, 5.74) is 2.43. The van der Waals surface area contributed by atoms with Gasteiger partial charge in [0.05, 0.1) is 17.0 Å². The number of hydrogen-bond donors (Lipinski definition) is 1. The van der Waals surface area contributed by atoms with Crippen LogP contribution in [0.4, 0.5) is 0 Å². The maximum Gasteiger partial charge on any atom is 0.226 e. The summed E-state index contributed by atoms with van der Waals surface area (Å²) in [5.74, 6) is 0.690. The molecule has 2 fully saturated rings. The Balaban J connectivity index is 1.82. The third kappa shape index (κ3) is 3.02. The quantitative estimate of drug-likeness (QED) is 0.747. The first kappa shape index (κ1) is 18.3. The van der Waals surface area contributed by atoms with Crippen molar-refractivity contribution >= 4 is 29.1 Å². The van der Waals surface area contributed by atoms with Crippen LogP contribution in [0.2, 0.25) is 10.0 Å². The summed E-state index contributed by atoms with van der Waals surface area (Å²) in [6.07, 6.45) is 1.70. The Morgan fingerprint density at radius 3 is 2.59 bits per heavy atom. The molecule has 0 aromatic heterocycles. The van der Waals surface area contributed by atoms with Crippen LogP contribution in [0, 0.1) is 22.7 Å². The highest BCUT2D eigenvalue weighted by Gasteiger charge is 2.54. The number of benzene rings is 2. The van der Waals surface area contributed by atoms with Gasteiger partial charge in [0.2, 0.25) is 5.91 Å². The van der Waals surface area contributed by atoms with E-state index in [4.69, 9.17) is 28.5 Å². The monoisotopic (exact) mass is 398 g/mol. The molecule has 2 aliphatic rings. The number of halogens is 2. The molecule has 1 heterocycles. The highest BCUT2D eigenvalue weighted by molar-refractivity contribution is 6.31. The average Bonchev–Trinajstić information content (AvgIpc) is 2.97. The van der Waals surface area contributed by atoms with E-state index in [1.807, 2.05) is 24.3 Å². The molecule has 2 aromatic carbocycles. The fourth-order valence-corrected chi connectivity index (χ4v) is 5.38. The number of hydrogen-bond acceptors (Lipinski definition) is 2. The molecule has 1 N–H and O–H groups in total. The van der Waals surface area contributed by atoms with Gasteiger partial charge in [-0.3, -0.25) is 4.79 Å². The normalized spacial score (nSPS) is 29.7. The minimum absolute atomic E-state index is 0.149. The Kier molecular flexibility index (Phi) is 4.66. The largest absolute Gasteiger partial charge is 0.355 e. The van der Waals surface area contributed by atoms with Crippen molar-refractivity contribution in [2.24, 2.45) is 11.3 Å². The van der Waals surface area contributed by atoms with E-state index >= 15 is 0 Å². The van der Waals surface area contributed by atoms with Gasteiger partial charge in [0.1, 0.15) is 0 Å². The Hall–Kier alpha value is -2.02. The van der Waals surface area contributed by atoms with Crippen LogP contribution in [0.5, 0.6) is 0 Å². The second-order valence-electron chi connectivity index (χ2n) is 7.80. The highest BCUT2D eigenvalue weighted by Crippen LogP contribution is 2.57. The Bertz CT molecular complexity index is 934. The number of rotatable bonds is 2. The second-order valence-corrected chi connectivity index (χ2v) is 8.65. The van der Waals surface area contributed by atoms with Crippen LogP contribution in [0.15, 0.2) is 42.5 Å². The summed E-state index contributed by atoms with van der Waals surface area (Å²) in [6.45, 7) is 2.76. The number of amides is 1. The lowest BCUT2D eigenvalue weighted by molar-refractivity contribution is -0.129. The zero-order chi connectivity index (χ0) is 19.2. The van der Waals surface area contributed by atoms with Gasteiger partial charge in [0, 0.05) is 16.6 Å². The van der Waals surface area contributed by atoms with Crippen LogP contribution < -0.4 is 5.32 Å². The molecule has 2 unspecified atom stereocenters. The standard InChI is InChI=1S/C22H20Cl2N2O/c1-22-9-8-17(16-7-2-13(11-25)10-19(16)24)20(18(22)12-26-21(22)27)14-3-5-15(23)6-4-14/h2-7,10,17-18,20H,8-9,12H2,1H3,(H,26,27)/t17-,18?,20?,22+/m0/s1. The summed E-state index contributed by atoms with van der Waals surface area (Å²) in [6, 6.07) is 15.6. The van der Waals surface area contributed by atoms with Crippen molar-refractivity contribution < 1.29 is 4.79 Å². The molecule has 1 aliphatic heterocycles. The second kappa shape index (κ2) is 6.86. The lowest BCUT2D eigenvalue weighted by atomic mass is 9.57. The fraction of sp³-hybridized carbons (Fsp3) is 0.364. The third-order valence-corrected chi connectivity index (χ3v) is 7.02. The van der Waals surface area contributed by atoms with Crippen molar-refractivity contribution in [2.45, 2.75) is 31.6 Å². The smallest absolute Gasteiger partial charge is 0.226 e. The number of carbonyl (C=O) groups excluding carboxylic acids is 1. The van der Waals surface area contributed by atoms with Gasteiger partial charge in [-0.2, -0.15) is 5.26 Å². The zero-order valence-electron chi connectivity index (χ0n) is 15.0. The lowest BCUT2D eigenvalue weighted by Crippen LogP contribution is -2.41. The molecule has 138 valence electrons. The van der Waals surface area contributed by atoms with Gasteiger partial charge >= 0.3 is 0 Å². The van der Waals surface area contributed by atoms with E-state index < -0.39 is 0 Å². The first-order valence-corrected chi connectivity index (χ1v) is 9.93. The van der Waals surface area contributed by atoms with Crippen molar-refractivity contribution in [3.8, 4) is 6.07 Å². The summed E-state index contributed by atoms with van der Waals surface area (Å²) in [5, 5.41) is 13.5. The first-order chi connectivity index (χ1) is 12.9. The van der Waals surface area contributed by atoms with Crippen molar-refractivity contribution in [1.82, 2.24) is 5.32 Å². The van der Waals surface area contributed by atoms with E-state index in [-0.39, 0.29) is 29.1 Å². The molecule has 1 saturated carbocycles. The number of nitrogens with one attached hydrogen (secondary N) is 1. The van der Waals surface area contributed by atoms with Gasteiger partial charge in [-0.05, 0) is 66.0 Å². The summed E-state index contributed by atoms with van der Waals surface area (Å²) in [4.78, 5) is 12.6. The minimum Gasteiger partial charge on any atom is -0.355 e. The molecule has 4 atom stereocenters. The maximum atomic E-state index is 12.6. The Morgan fingerprint density at radius 1 is 1.19 bits per heavy atom. The number of fused-ring (bicyclic) bond motifs is 1. The van der Waals surface area contributed by atoms with Crippen molar-refractivity contribution in [3.05, 3.63) is 69.2 Å². The predicted octanol–water partition coefficient (Wildman–Crippen LogP) is 5.28. The molecule has 1 saturated heterocycles. The number of nitrogens with zero attached hydrogens (tertiary/aromatic N) is 1. The van der Waals surface area contributed by atoms with E-state index in [1.54, 1.807) is 6.07 Å². The molecule has 4 rings (SSSR count). The van der Waals surface area contributed by atoms with Crippen LogP contribution in [0.1, 0.15) is 48.3 Å². The Labute approximate surface area is 169 Å². The van der Waals surface area contributed by atoms with Crippen LogP contribution in [-0.2, 0) is 4.79 Å². The van der Waals surface area contributed by atoms with Crippen LogP contribution in [0.3, 0.4) is 0 Å². The summed E-state index contributed by atoms with van der Waals surface area (Å²) in [7, 11) is 0. The fourth-order valence-electron chi connectivity index (χ4n) is 4.93. The molecule has 2 aromatic rings. The van der Waals surface area contributed by atoms with E-state index in [2.05, 4.69) is 30.4 Å². The van der Waals surface area contributed by atoms with Gasteiger partial charge in [-0.15, -0.1) is 0 Å². The molecular formula is C22H20Cl2N2O. The number of carbonyl (C=O) groups is 1. The summed E-state index contributed by atoms with van der Waals surface area (Å²) >= 11 is 12.7. The molecule has 3 nitrogen and oxygen atoms in total. The van der Waals surface area contributed by atoms with Gasteiger partial charge in [0.25, 0.3) is 0 Å². The van der Waals surface area contributed by atoms with E-state index in [0.29, 0.717) is 22.2 Å². The predicted molar refractivity (Wildman–Crippen MR) is 107 cm³/mol. The van der Waals surface area contributed by atoms with Crippen LogP contribution in [0.25, 0.3) is 0 Å². The van der Waals surface area contributed by atoms with E-state index in [0.717, 1.165) is 18.4 Å². The molecule has 0 radical (unpaired) electrons. The van der Waals surface area contributed by atoms with E-state index in [1.165, 1.54) is 5.56 Å². The molecule has 27 heavy (non-hydrogen) atoms. The number of nitriles is 1. The van der Waals surface area contributed by atoms with Crippen molar-refractivity contribution in [1.29, 1.82) is 5.26 Å². The minimum atomic E-state index is -0.361. The lowest BCUT2D eigenvalue weighted by Gasteiger charge is -2.45. The molecule has 1 aliphatic carbocycles. The molecule has 5 heteroatoms. The van der Waals surface area contributed by atoms with Crippen LogP contribution >= 0.6 is 23.2 Å². The molecular weight excluding hydrogens is 379 g/mol. The van der Waals surface area contributed by atoms with Gasteiger partial charge < -0.3 is 5.32 Å². The van der Waals surface area contributed by atoms with Gasteiger partial charge in [-0.1, -0.05) is 48.3 Å². The topological polar surface area (TPSA) is 52.9 Å². The average molecular weight is 399 g/mol. The van der Waals surface area contributed by atoms with Gasteiger partial charge in [-0.25, -0.2) is 0 Å². The zero-order valence-corrected chi connectivity index (χ0v) is 16.5. The maximum absolute atomic E-state index is 12.6. The van der Waals surface area contributed by atoms with E-state index in [9.17, 15) is 4.79 Å². The van der Waals surface area contributed by atoms with Crippen molar-refractivity contribution in [3.63, 3.8) is 0 Å². The molecule has 1 amide bonds. The SMILES string of the molecule is C[C@@]12CC[C@@H](c3ccc(C#N)cc3Cl)C(c3ccc(Cl)cc3)C1CNC2=O. The Morgan fingerprint density at radius 2 is 1.93 bits per heavy atom. The summed E-state index contributed by atoms with van der Waals surface area (Å²) < 4.78 is 0.